The van der Waals surface area contributed by atoms with E-state index in [1.807, 2.05) is 24.3 Å². The van der Waals surface area contributed by atoms with Crippen molar-refractivity contribution in [3.63, 3.8) is 0 Å². The van der Waals surface area contributed by atoms with Gasteiger partial charge in [-0.1, -0.05) is 0 Å². The Balaban J connectivity index is 1.47. The molecule has 3 atom stereocenters. The average molecular weight is 439 g/mol. The fourth-order valence-corrected chi connectivity index (χ4v) is 4.82. The van der Waals surface area contributed by atoms with Gasteiger partial charge in [0, 0.05) is 37.6 Å². The Labute approximate surface area is 180 Å². The lowest BCUT2D eigenvalue weighted by molar-refractivity contribution is -0.117. The number of amides is 1. The fourth-order valence-electron chi connectivity index (χ4n) is 4.28. The predicted octanol–water partition coefficient (Wildman–Crippen LogP) is 1.50. The van der Waals surface area contributed by atoms with E-state index in [0.717, 1.165) is 50.4 Å². The third-order valence-electron chi connectivity index (χ3n) is 5.54. The summed E-state index contributed by atoms with van der Waals surface area (Å²) in [6.45, 7) is 8.21. The molecular formula is C21H34N4O4S. The van der Waals surface area contributed by atoms with Crippen LogP contribution >= 0.6 is 0 Å². The highest BCUT2D eigenvalue weighted by Gasteiger charge is 2.23. The molecule has 3 unspecified atom stereocenters. The molecule has 0 saturated carbocycles. The summed E-state index contributed by atoms with van der Waals surface area (Å²) >= 11 is 0. The molecule has 2 aliphatic rings. The van der Waals surface area contributed by atoms with Gasteiger partial charge in [-0.15, -0.1) is 0 Å². The van der Waals surface area contributed by atoms with E-state index in [2.05, 4.69) is 33.7 Å². The third-order valence-corrected chi connectivity index (χ3v) is 6.23. The van der Waals surface area contributed by atoms with Crippen LogP contribution in [0.1, 0.15) is 26.7 Å². The normalized spacial score (nSPS) is 25.8. The molecule has 0 bridgehead atoms. The molecule has 9 heteroatoms. The maximum atomic E-state index is 12.5. The highest BCUT2D eigenvalue weighted by Crippen LogP contribution is 2.22. The van der Waals surface area contributed by atoms with Crippen molar-refractivity contribution in [1.29, 1.82) is 0 Å². The van der Waals surface area contributed by atoms with Gasteiger partial charge >= 0.3 is 0 Å². The van der Waals surface area contributed by atoms with Gasteiger partial charge in [0.05, 0.1) is 25.0 Å². The first-order valence-electron chi connectivity index (χ1n) is 10.7. The molecule has 3 rings (SSSR count). The second kappa shape index (κ2) is 10.1. The molecule has 0 aliphatic carbocycles. The molecule has 0 aromatic heterocycles. The zero-order valence-electron chi connectivity index (χ0n) is 18.1. The van der Waals surface area contributed by atoms with Gasteiger partial charge in [0.1, 0.15) is 0 Å². The Kier molecular flexibility index (Phi) is 7.73. The first kappa shape index (κ1) is 23.0. The number of carbonyl (C=O) groups excluding carboxylic acids is 1. The standard InChI is InChI=1S/C21H34N4O4S/c1-16-12-25(13-17(2)29-16)20-8-6-19(7-9-20)23-21(26)15-24-10-4-5-18(14-24)11-22-30(3,27)28/h6-9,16-18,22H,4-5,10-15H2,1-3H3,(H,23,26). The first-order valence-corrected chi connectivity index (χ1v) is 12.5. The van der Waals surface area contributed by atoms with Gasteiger partial charge in [-0.25, -0.2) is 13.1 Å². The lowest BCUT2D eigenvalue weighted by Crippen LogP contribution is -2.45. The maximum Gasteiger partial charge on any atom is 0.238 e. The molecule has 2 N–H and O–H groups in total. The van der Waals surface area contributed by atoms with Crippen molar-refractivity contribution in [3.8, 4) is 0 Å². The smallest absolute Gasteiger partial charge is 0.238 e. The number of sulfonamides is 1. The molecular weight excluding hydrogens is 404 g/mol. The van der Waals surface area contributed by atoms with Gasteiger partial charge in [0.25, 0.3) is 0 Å². The van der Waals surface area contributed by atoms with Crippen LogP contribution in [-0.2, 0) is 19.6 Å². The van der Waals surface area contributed by atoms with Gasteiger partial charge in [-0.05, 0) is 63.4 Å². The number of hydrogen-bond acceptors (Lipinski definition) is 6. The maximum absolute atomic E-state index is 12.5. The average Bonchev–Trinajstić information content (AvgIpc) is 2.66. The Morgan fingerprint density at radius 1 is 1.13 bits per heavy atom. The van der Waals surface area contributed by atoms with E-state index >= 15 is 0 Å². The molecule has 1 aromatic rings. The van der Waals surface area contributed by atoms with Gasteiger partial charge in [-0.3, -0.25) is 9.69 Å². The van der Waals surface area contributed by atoms with Crippen molar-refractivity contribution >= 4 is 27.3 Å². The van der Waals surface area contributed by atoms with E-state index in [9.17, 15) is 13.2 Å². The van der Waals surface area contributed by atoms with Crippen LogP contribution in [-0.4, -0.2) is 77.0 Å². The Hall–Kier alpha value is -1.68. The second-order valence-corrected chi connectivity index (χ2v) is 10.5. The summed E-state index contributed by atoms with van der Waals surface area (Å²) in [5.41, 5.74) is 1.91. The molecule has 1 aromatic carbocycles. The molecule has 168 valence electrons. The number of piperidine rings is 1. The van der Waals surface area contributed by atoms with Gasteiger partial charge in [-0.2, -0.15) is 0 Å². The SMILES string of the molecule is CC1CN(c2ccc(NC(=O)CN3CCCC(CNS(C)(=O)=O)C3)cc2)CC(C)O1. The van der Waals surface area contributed by atoms with Crippen LogP contribution in [0.15, 0.2) is 24.3 Å². The number of anilines is 2. The van der Waals surface area contributed by atoms with Crippen molar-refractivity contribution in [2.75, 3.05) is 55.7 Å². The first-order chi connectivity index (χ1) is 14.2. The van der Waals surface area contributed by atoms with Crippen LogP contribution in [0.2, 0.25) is 0 Å². The quantitative estimate of drug-likeness (QED) is 0.671. The fraction of sp³-hybridized carbons (Fsp3) is 0.667. The van der Waals surface area contributed by atoms with Gasteiger partial charge in [0.15, 0.2) is 0 Å². The minimum absolute atomic E-state index is 0.0481. The number of nitrogens with one attached hydrogen (secondary N) is 2. The molecule has 2 aliphatic heterocycles. The molecule has 2 heterocycles. The highest BCUT2D eigenvalue weighted by molar-refractivity contribution is 7.88. The summed E-state index contributed by atoms with van der Waals surface area (Å²) in [6, 6.07) is 7.95. The van der Waals surface area contributed by atoms with Gasteiger partial charge < -0.3 is 15.0 Å². The van der Waals surface area contributed by atoms with Crippen LogP contribution in [0.4, 0.5) is 11.4 Å². The van der Waals surface area contributed by atoms with E-state index in [0.29, 0.717) is 13.1 Å². The van der Waals surface area contributed by atoms with E-state index < -0.39 is 10.0 Å². The number of morpholine rings is 1. The monoisotopic (exact) mass is 438 g/mol. The Morgan fingerprint density at radius 2 is 1.80 bits per heavy atom. The minimum atomic E-state index is -3.18. The van der Waals surface area contributed by atoms with E-state index in [4.69, 9.17) is 4.74 Å². The Bertz CT molecular complexity index is 805. The van der Waals surface area contributed by atoms with E-state index in [1.54, 1.807) is 0 Å². The molecule has 30 heavy (non-hydrogen) atoms. The van der Waals surface area contributed by atoms with E-state index in [1.165, 1.54) is 6.26 Å². The zero-order valence-corrected chi connectivity index (χ0v) is 19.0. The summed E-state index contributed by atoms with van der Waals surface area (Å²) in [5.74, 6) is 0.187. The molecule has 1 amide bonds. The lowest BCUT2D eigenvalue weighted by Gasteiger charge is -2.36. The van der Waals surface area contributed by atoms with Crippen LogP contribution in [0.3, 0.4) is 0 Å². The van der Waals surface area contributed by atoms with Crippen molar-refractivity contribution in [2.45, 2.75) is 38.9 Å². The van der Waals surface area contributed by atoms with Crippen molar-refractivity contribution in [3.05, 3.63) is 24.3 Å². The number of rotatable bonds is 7. The number of ether oxygens (including phenoxy) is 1. The predicted molar refractivity (Wildman–Crippen MR) is 119 cm³/mol. The van der Waals surface area contributed by atoms with Crippen molar-refractivity contribution < 1.29 is 17.9 Å². The summed E-state index contributed by atoms with van der Waals surface area (Å²) in [7, 11) is -3.18. The number of likely N-dealkylation sites (tertiary alicyclic amines) is 1. The van der Waals surface area contributed by atoms with Crippen molar-refractivity contribution in [2.24, 2.45) is 5.92 Å². The molecule has 0 radical (unpaired) electrons. The van der Waals surface area contributed by atoms with Crippen LogP contribution in [0.5, 0.6) is 0 Å². The summed E-state index contributed by atoms with van der Waals surface area (Å²) in [5, 5.41) is 2.97. The van der Waals surface area contributed by atoms with Crippen LogP contribution in [0, 0.1) is 5.92 Å². The summed E-state index contributed by atoms with van der Waals surface area (Å²) in [4.78, 5) is 16.9. The molecule has 2 saturated heterocycles. The van der Waals surface area contributed by atoms with E-state index in [-0.39, 0.29) is 24.0 Å². The number of hydrogen-bond donors (Lipinski definition) is 2. The zero-order chi connectivity index (χ0) is 21.7. The molecule has 0 spiro atoms. The number of nitrogens with zero attached hydrogens (tertiary/aromatic N) is 2. The van der Waals surface area contributed by atoms with Crippen LogP contribution in [0.25, 0.3) is 0 Å². The summed E-state index contributed by atoms with van der Waals surface area (Å²) in [6.07, 6.45) is 3.52. The second-order valence-electron chi connectivity index (χ2n) is 8.62. The largest absolute Gasteiger partial charge is 0.372 e. The van der Waals surface area contributed by atoms with Crippen molar-refractivity contribution in [1.82, 2.24) is 9.62 Å². The van der Waals surface area contributed by atoms with Crippen LogP contribution < -0.4 is 14.9 Å². The lowest BCUT2D eigenvalue weighted by atomic mass is 9.98. The summed E-state index contributed by atoms with van der Waals surface area (Å²) < 4.78 is 31.0. The highest BCUT2D eigenvalue weighted by atomic mass is 32.2. The third kappa shape index (κ3) is 7.23. The molecule has 8 nitrogen and oxygen atoms in total. The topological polar surface area (TPSA) is 91.0 Å². The number of carbonyl (C=O) groups is 1. The van der Waals surface area contributed by atoms with Gasteiger partial charge in [0.2, 0.25) is 15.9 Å². The number of benzene rings is 1. The molecule has 2 fully saturated rings. The minimum Gasteiger partial charge on any atom is -0.372 e. The Morgan fingerprint density at radius 3 is 2.43 bits per heavy atom.